The second kappa shape index (κ2) is 6.65. The number of carboxylic acids is 1. The molecule has 1 aromatic carbocycles. The Kier molecular flexibility index (Phi) is 4.56. The lowest BCUT2D eigenvalue weighted by atomic mass is 9.48. The number of benzene rings is 1. The zero-order chi connectivity index (χ0) is 19.3. The molecule has 4 aliphatic carbocycles. The van der Waals surface area contributed by atoms with Crippen LogP contribution >= 0.6 is 0 Å². The Labute approximate surface area is 161 Å². The van der Waals surface area contributed by atoms with Crippen LogP contribution in [0.25, 0.3) is 0 Å². The molecule has 0 heterocycles. The summed E-state index contributed by atoms with van der Waals surface area (Å²) >= 11 is 0. The van der Waals surface area contributed by atoms with Crippen LogP contribution < -0.4 is 5.32 Å². The number of carbonyl (C=O) groups excluding carboxylic acids is 1. The molecule has 1 unspecified atom stereocenters. The van der Waals surface area contributed by atoms with Crippen molar-refractivity contribution < 1.29 is 14.7 Å². The van der Waals surface area contributed by atoms with Crippen molar-refractivity contribution in [3.63, 3.8) is 0 Å². The van der Waals surface area contributed by atoms with E-state index in [-0.39, 0.29) is 11.8 Å². The molecule has 1 amide bonds. The molecule has 4 fully saturated rings. The predicted octanol–water partition coefficient (Wildman–Crippen LogP) is 4.30. The van der Waals surface area contributed by atoms with Gasteiger partial charge < -0.3 is 10.4 Å². The third-order valence-corrected chi connectivity index (χ3v) is 7.34. The quantitative estimate of drug-likeness (QED) is 0.813. The number of nitrogens with one attached hydrogen (secondary N) is 1. The number of carbonyl (C=O) groups is 2. The Morgan fingerprint density at radius 1 is 1.07 bits per heavy atom. The summed E-state index contributed by atoms with van der Waals surface area (Å²) in [6, 6.07) is 5.39. The monoisotopic (exact) mass is 369 g/mol. The van der Waals surface area contributed by atoms with Crippen molar-refractivity contribution in [3.8, 4) is 0 Å². The maximum Gasteiger partial charge on any atom is 0.326 e. The summed E-state index contributed by atoms with van der Waals surface area (Å²) in [5.74, 6) is 1.25. The first-order valence-electron chi connectivity index (χ1n) is 10.4. The first kappa shape index (κ1) is 18.5. The van der Waals surface area contributed by atoms with E-state index in [4.69, 9.17) is 0 Å². The van der Waals surface area contributed by atoms with E-state index in [1.165, 1.54) is 44.1 Å². The van der Waals surface area contributed by atoms with Crippen molar-refractivity contribution >= 4 is 11.9 Å². The fraction of sp³-hybridized carbons (Fsp3) is 0.652. The molecule has 4 aliphatic rings. The number of amides is 1. The van der Waals surface area contributed by atoms with Gasteiger partial charge in [-0.1, -0.05) is 26.0 Å². The van der Waals surface area contributed by atoms with E-state index in [0.717, 1.165) is 23.3 Å². The maximum absolute atomic E-state index is 12.7. The van der Waals surface area contributed by atoms with Gasteiger partial charge in [0, 0.05) is 5.56 Å². The number of hydrogen-bond donors (Lipinski definition) is 2. The minimum Gasteiger partial charge on any atom is -0.480 e. The first-order chi connectivity index (χ1) is 12.8. The zero-order valence-electron chi connectivity index (χ0n) is 16.6. The van der Waals surface area contributed by atoms with E-state index >= 15 is 0 Å². The zero-order valence-corrected chi connectivity index (χ0v) is 16.6. The summed E-state index contributed by atoms with van der Waals surface area (Å²) in [7, 11) is 0. The molecular weight excluding hydrogens is 338 g/mol. The lowest BCUT2D eigenvalue weighted by molar-refractivity contribution is -0.140. The maximum atomic E-state index is 12.7. The SMILES string of the molecule is Cc1cc(C23CC4CC(CC(C4)C2)C3)ccc1C(=O)NC(C(=O)O)C(C)C. The fourth-order valence-corrected chi connectivity index (χ4v) is 6.45. The summed E-state index contributed by atoms with van der Waals surface area (Å²) in [6.45, 7) is 5.59. The Morgan fingerprint density at radius 3 is 2.07 bits per heavy atom. The minimum absolute atomic E-state index is 0.155. The van der Waals surface area contributed by atoms with Crippen LogP contribution in [0.1, 0.15) is 73.9 Å². The van der Waals surface area contributed by atoms with Crippen LogP contribution in [0.5, 0.6) is 0 Å². The number of carboxylic acid groups (broad SMARTS) is 1. The van der Waals surface area contributed by atoms with Crippen LogP contribution in [0.3, 0.4) is 0 Å². The van der Waals surface area contributed by atoms with E-state index in [1.807, 2.05) is 26.8 Å². The van der Waals surface area contributed by atoms with Gasteiger partial charge in [-0.15, -0.1) is 0 Å². The number of aliphatic carboxylic acids is 1. The van der Waals surface area contributed by atoms with Gasteiger partial charge in [0.15, 0.2) is 0 Å². The van der Waals surface area contributed by atoms with Gasteiger partial charge >= 0.3 is 5.97 Å². The van der Waals surface area contributed by atoms with Crippen LogP contribution in [0, 0.1) is 30.6 Å². The highest BCUT2D eigenvalue weighted by atomic mass is 16.4. The highest BCUT2D eigenvalue weighted by Crippen LogP contribution is 2.60. The predicted molar refractivity (Wildman–Crippen MR) is 105 cm³/mol. The van der Waals surface area contributed by atoms with Crippen LogP contribution in [0.15, 0.2) is 18.2 Å². The summed E-state index contributed by atoms with van der Waals surface area (Å²) < 4.78 is 0. The average molecular weight is 370 g/mol. The molecule has 1 atom stereocenters. The van der Waals surface area contributed by atoms with E-state index < -0.39 is 12.0 Å². The third kappa shape index (κ3) is 3.28. The topological polar surface area (TPSA) is 66.4 Å². The van der Waals surface area contributed by atoms with Crippen molar-refractivity contribution in [2.45, 2.75) is 70.8 Å². The molecule has 2 N–H and O–H groups in total. The highest BCUT2D eigenvalue weighted by molar-refractivity contribution is 5.97. The normalized spacial score (nSPS) is 32.5. The molecule has 0 radical (unpaired) electrons. The number of hydrogen-bond acceptors (Lipinski definition) is 2. The Balaban J connectivity index is 1.56. The average Bonchev–Trinajstić information content (AvgIpc) is 2.57. The Morgan fingerprint density at radius 2 is 1.63 bits per heavy atom. The second-order valence-electron chi connectivity index (χ2n) is 9.76. The molecule has 0 aliphatic heterocycles. The lowest BCUT2D eigenvalue weighted by Gasteiger charge is -2.57. The lowest BCUT2D eigenvalue weighted by Crippen LogP contribution is -2.48. The summed E-state index contributed by atoms with van der Waals surface area (Å²) in [5.41, 5.74) is 3.26. The van der Waals surface area contributed by atoms with Crippen molar-refractivity contribution in [1.82, 2.24) is 5.32 Å². The van der Waals surface area contributed by atoms with Gasteiger partial charge in [0.1, 0.15) is 6.04 Å². The molecule has 0 aromatic heterocycles. The van der Waals surface area contributed by atoms with Crippen LogP contribution in [0.4, 0.5) is 0 Å². The van der Waals surface area contributed by atoms with Gasteiger partial charge in [-0.05, 0) is 91.7 Å². The van der Waals surface area contributed by atoms with Gasteiger partial charge in [-0.3, -0.25) is 4.79 Å². The van der Waals surface area contributed by atoms with Gasteiger partial charge in [-0.2, -0.15) is 0 Å². The molecule has 4 saturated carbocycles. The van der Waals surface area contributed by atoms with Crippen molar-refractivity contribution in [2.75, 3.05) is 0 Å². The van der Waals surface area contributed by atoms with Gasteiger partial charge in [0.05, 0.1) is 0 Å². The first-order valence-corrected chi connectivity index (χ1v) is 10.4. The number of rotatable bonds is 5. The molecule has 0 saturated heterocycles. The van der Waals surface area contributed by atoms with Crippen LogP contribution in [-0.4, -0.2) is 23.0 Å². The van der Waals surface area contributed by atoms with Crippen LogP contribution in [0.2, 0.25) is 0 Å². The van der Waals surface area contributed by atoms with E-state index in [0.29, 0.717) is 11.0 Å². The molecule has 4 nitrogen and oxygen atoms in total. The summed E-state index contributed by atoms with van der Waals surface area (Å²) in [5, 5.41) is 12.0. The number of aryl methyl sites for hydroxylation is 1. The van der Waals surface area contributed by atoms with Gasteiger partial charge in [0.2, 0.25) is 0 Å². The van der Waals surface area contributed by atoms with Crippen molar-refractivity contribution in [2.24, 2.45) is 23.7 Å². The standard InChI is InChI=1S/C23H31NO3/c1-13(2)20(22(26)27)24-21(25)19-5-4-18(6-14(19)3)23-10-15-7-16(11-23)9-17(8-15)12-23/h4-6,13,15-17,20H,7-12H2,1-3H3,(H,24,25)(H,26,27). The van der Waals surface area contributed by atoms with Gasteiger partial charge in [0.25, 0.3) is 5.91 Å². The molecule has 27 heavy (non-hydrogen) atoms. The van der Waals surface area contributed by atoms with Crippen molar-refractivity contribution in [3.05, 3.63) is 34.9 Å². The summed E-state index contributed by atoms with van der Waals surface area (Å²) in [4.78, 5) is 24.1. The largest absolute Gasteiger partial charge is 0.480 e. The van der Waals surface area contributed by atoms with Crippen molar-refractivity contribution in [1.29, 1.82) is 0 Å². The molecule has 5 rings (SSSR count). The third-order valence-electron chi connectivity index (χ3n) is 7.34. The molecule has 4 bridgehead atoms. The van der Waals surface area contributed by atoms with E-state index in [2.05, 4.69) is 17.4 Å². The Bertz CT molecular complexity index is 732. The van der Waals surface area contributed by atoms with Crippen LogP contribution in [-0.2, 0) is 10.2 Å². The second-order valence-corrected chi connectivity index (χ2v) is 9.76. The smallest absolute Gasteiger partial charge is 0.326 e. The highest BCUT2D eigenvalue weighted by Gasteiger charge is 2.51. The molecular formula is C23H31NO3. The van der Waals surface area contributed by atoms with E-state index in [9.17, 15) is 14.7 Å². The molecule has 146 valence electrons. The fourth-order valence-electron chi connectivity index (χ4n) is 6.45. The minimum atomic E-state index is -0.985. The molecule has 1 aromatic rings. The van der Waals surface area contributed by atoms with E-state index in [1.54, 1.807) is 0 Å². The Hall–Kier alpha value is -1.84. The molecule has 4 heteroatoms. The molecule has 0 spiro atoms. The summed E-state index contributed by atoms with van der Waals surface area (Å²) in [6.07, 6.45) is 8.18. The van der Waals surface area contributed by atoms with Gasteiger partial charge in [-0.25, -0.2) is 4.79 Å².